The minimum atomic E-state index is -1.15. The monoisotopic (exact) mass is 471 g/mol. The van der Waals surface area contributed by atoms with Crippen LogP contribution in [0, 0.1) is 6.92 Å². The molecule has 4 rings (SSSR count). The Hall–Kier alpha value is -2.85. The van der Waals surface area contributed by atoms with Gasteiger partial charge in [-0.3, -0.25) is 0 Å². The molecule has 9 nitrogen and oxygen atoms in total. The number of hydrogen-bond donors (Lipinski definition) is 2. The highest BCUT2D eigenvalue weighted by Crippen LogP contribution is 2.35. The van der Waals surface area contributed by atoms with E-state index >= 15 is 0 Å². The number of likely N-dealkylation sites (tertiary alicyclic amines) is 1. The highest BCUT2D eigenvalue weighted by molar-refractivity contribution is 6.76. The normalized spacial score (nSPS) is 17.0. The SMILES string of the molecule is Cc1cnc(-c2cnc3c(ccn3COCC[Si](C)(C)C)c2NC2CCCN(C(=O)O)C2)o1. The Morgan fingerprint density at radius 3 is 2.85 bits per heavy atom. The maximum Gasteiger partial charge on any atom is 0.407 e. The first-order valence-electron chi connectivity index (χ1n) is 11.4. The van der Waals surface area contributed by atoms with Crippen LogP contribution in [0.15, 0.2) is 29.1 Å². The van der Waals surface area contributed by atoms with Gasteiger partial charge in [-0.25, -0.2) is 14.8 Å². The van der Waals surface area contributed by atoms with Crippen molar-refractivity contribution in [1.29, 1.82) is 0 Å². The van der Waals surface area contributed by atoms with E-state index in [-0.39, 0.29) is 6.04 Å². The van der Waals surface area contributed by atoms with E-state index in [4.69, 9.17) is 14.1 Å². The number of piperidine rings is 1. The predicted molar refractivity (Wildman–Crippen MR) is 130 cm³/mol. The molecular formula is C23H33N5O4Si. The van der Waals surface area contributed by atoms with Gasteiger partial charge in [-0.1, -0.05) is 19.6 Å². The largest absolute Gasteiger partial charge is 0.465 e. The Morgan fingerprint density at radius 1 is 1.33 bits per heavy atom. The molecule has 1 unspecified atom stereocenters. The van der Waals surface area contributed by atoms with Crippen LogP contribution in [0.3, 0.4) is 0 Å². The molecule has 10 heteroatoms. The highest BCUT2D eigenvalue weighted by atomic mass is 28.3. The van der Waals surface area contributed by atoms with Gasteiger partial charge in [-0.2, -0.15) is 0 Å². The molecule has 3 aromatic rings. The van der Waals surface area contributed by atoms with Gasteiger partial charge in [0.2, 0.25) is 5.89 Å². The zero-order chi connectivity index (χ0) is 23.6. The van der Waals surface area contributed by atoms with Gasteiger partial charge in [0.05, 0.1) is 17.4 Å². The Morgan fingerprint density at radius 2 is 2.15 bits per heavy atom. The van der Waals surface area contributed by atoms with Gasteiger partial charge in [0, 0.05) is 51.6 Å². The van der Waals surface area contributed by atoms with Crippen LogP contribution in [0.5, 0.6) is 0 Å². The summed E-state index contributed by atoms with van der Waals surface area (Å²) in [6, 6.07) is 3.12. The minimum Gasteiger partial charge on any atom is -0.465 e. The van der Waals surface area contributed by atoms with E-state index in [0.717, 1.165) is 53.5 Å². The van der Waals surface area contributed by atoms with E-state index < -0.39 is 14.2 Å². The number of nitrogens with zero attached hydrogens (tertiary/aromatic N) is 4. The summed E-state index contributed by atoms with van der Waals surface area (Å²) in [5.74, 6) is 1.22. The maximum atomic E-state index is 11.5. The first-order chi connectivity index (χ1) is 15.7. The Labute approximate surface area is 194 Å². The molecule has 0 aliphatic carbocycles. The molecule has 0 radical (unpaired) electrons. The molecule has 0 saturated carbocycles. The number of pyridine rings is 1. The highest BCUT2D eigenvalue weighted by Gasteiger charge is 2.26. The smallest absolute Gasteiger partial charge is 0.407 e. The minimum absolute atomic E-state index is 0.00777. The van der Waals surface area contributed by atoms with Crippen molar-refractivity contribution in [3.05, 3.63) is 30.4 Å². The molecule has 0 spiro atoms. The summed E-state index contributed by atoms with van der Waals surface area (Å²) in [5.41, 5.74) is 2.43. The maximum absolute atomic E-state index is 11.5. The van der Waals surface area contributed by atoms with Crippen molar-refractivity contribution >= 4 is 30.9 Å². The number of fused-ring (bicyclic) bond motifs is 1. The number of anilines is 1. The zero-order valence-corrected chi connectivity index (χ0v) is 20.8. The number of carbonyl (C=O) groups is 1. The topological polar surface area (TPSA) is 106 Å². The standard InChI is InChI=1S/C23H33N5O4Si/c1-16-12-25-22(32-16)19-13-24-21-18(7-9-28(21)15-31-10-11-33(2,3)4)20(19)26-17-6-5-8-27(14-17)23(29)30/h7,9,12-13,17H,5-6,8,10-11,14-15H2,1-4H3,(H,24,26)(H,29,30). The second kappa shape index (κ2) is 9.56. The lowest BCUT2D eigenvalue weighted by Crippen LogP contribution is -2.44. The quantitative estimate of drug-likeness (QED) is 0.357. The van der Waals surface area contributed by atoms with E-state index in [9.17, 15) is 9.90 Å². The van der Waals surface area contributed by atoms with Gasteiger partial charge in [0.15, 0.2) is 0 Å². The molecule has 3 aromatic heterocycles. The summed E-state index contributed by atoms with van der Waals surface area (Å²) >= 11 is 0. The summed E-state index contributed by atoms with van der Waals surface area (Å²) in [6.45, 7) is 11.0. The second-order valence-corrected chi connectivity index (χ2v) is 15.5. The van der Waals surface area contributed by atoms with E-state index in [1.165, 1.54) is 4.90 Å². The average molecular weight is 472 g/mol. The van der Waals surface area contributed by atoms with E-state index in [1.807, 2.05) is 23.8 Å². The molecule has 0 bridgehead atoms. The number of aryl methyl sites for hydroxylation is 1. The summed E-state index contributed by atoms with van der Waals surface area (Å²) < 4.78 is 13.7. The molecule has 33 heavy (non-hydrogen) atoms. The van der Waals surface area contributed by atoms with Crippen molar-refractivity contribution in [2.45, 2.75) is 58.2 Å². The van der Waals surface area contributed by atoms with Crippen molar-refractivity contribution in [2.75, 3.05) is 25.0 Å². The molecular weight excluding hydrogens is 438 g/mol. The summed E-state index contributed by atoms with van der Waals surface area (Å²) in [6.07, 6.45) is 6.26. The molecule has 0 aromatic carbocycles. The van der Waals surface area contributed by atoms with Gasteiger partial charge in [0.25, 0.3) is 0 Å². The fraction of sp³-hybridized carbons (Fsp3) is 0.522. The number of aromatic nitrogens is 3. The lowest BCUT2D eigenvalue weighted by Gasteiger charge is -2.32. The number of ether oxygens (including phenoxy) is 1. The Kier molecular flexibility index (Phi) is 6.75. The van der Waals surface area contributed by atoms with Gasteiger partial charge in [-0.05, 0) is 31.9 Å². The zero-order valence-electron chi connectivity index (χ0n) is 19.8. The lowest BCUT2D eigenvalue weighted by molar-refractivity contribution is 0.0899. The average Bonchev–Trinajstić information content (AvgIpc) is 3.37. The molecule has 1 atom stereocenters. The third-order valence-electron chi connectivity index (χ3n) is 5.91. The van der Waals surface area contributed by atoms with Crippen molar-refractivity contribution in [2.24, 2.45) is 0 Å². The number of amides is 1. The molecule has 178 valence electrons. The van der Waals surface area contributed by atoms with E-state index in [2.05, 4.69) is 29.9 Å². The molecule has 2 N–H and O–H groups in total. The third-order valence-corrected chi connectivity index (χ3v) is 7.61. The van der Waals surface area contributed by atoms with Crippen LogP contribution >= 0.6 is 0 Å². The van der Waals surface area contributed by atoms with E-state index in [0.29, 0.717) is 25.7 Å². The molecule has 4 heterocycles. The van der Waals surface area contributed by atoms with Crippen molar-refractivity contribution < 1.29 is 19.1 Å². The van der Waals surface area contributed by atoms with Crippen LogP contribution in [-0.4, -0.2) is 64.4 Å². The van der Waals surface area contributed by atoms with Gasteiger partial charge in [0.1, 0.15) is 18.1 Å². The van der Waals surface area contributed by atoms with Crippen molar-refractivity contribution in [3.8, 4) is 11.5 Å². The van der Waals surface area contributed by atoms with Crippen LogP contribution < -0.4 is 5.32 Å². The van der Waals surface area contributed by atoms with Gasteiger partial charge >= 0.3 is 6.09 Å². The molecule has 1 aliphatic heterocycles. The van der Waals surface area contributed by atoms with Crippen molar-refractivity contribution in [1.82, 2.24) is 19.4 Å². The first-order valence-corrected chi connectivity index (χ1v) is 15.1. The lowest BCUT2D eigenvalue weighted by atomic mass is 10.0. The van der Waals surface area contributed by atoms with Gasteiger partial charge < -0.3 is 29.0 Å². The summed E-state index contributed by atoms with van der Waals surface area (Å²) in [5, 5.41) is 14.0. The van der Waals surface area contributed by atoms with Crippen molar-refractivity contribution in [3.63, 3.8) is 0 Å². The second-order valence-electron chi connectivity index (χ2n) is 9.91. The Bertz CT molecular complexity index is 1120. The van der Waals surface area contributed by atoms with Crippen LogP contribution in [-0.2, 0) is 11.5 Å². The fourth-order valence-electron chi connectivity index (χ4n) is 4.05. The number of hydrogen-bond acceptors (Lipinski definition) is 6. The number of rotatable bonds is 8. The number of oxazole rings is 1. The van der Waals surface area contributed by atoms with Gasteiger partial charge in [-0.15, -0.1) is 0 Å². The number of carboxylic acid groups (broad SMARTS) is 1. The van der Waals surface area contributed by atoms with E-state index in [1.54, 1.807) is 12.4 Å². The Balaban J connectivity index is 1.63. The first kappa shape index (κ1) is 23.3. The molecule has 1 fully saturated rings. The summed E-state index contributed by atoms with van der Waals surface area (Å²) in [7, 11) is -1.15. The predicted octanol–water partition coefficient (Wildman–Crippen LogP) is 4.87. The fourth-order valence-corrected chi connectivity index (χ4v) is 4.81. The van der Waals surface area contributed by atoms with Crippen LogP contribution in [0.1, 0.15) is 18.6 Å². The third kappa shape index (κ3) is 5.56. The molecule has 1 amide bonds. The number of nitrogens with one attached hydrogen (secondary N) is 1. The van der Waals surface area contributed by atoms with Crippen LogP contribution in [0.2, 0.25) is 25.7 Å². The van der Waals surface area contributed by atoms with Crippen LogP contribution in [0.25, 0.3) is 22.5 Å². The molecule has 1 aliphatic rings. The summed E-state index contributed by atoms with van der Waals surface area (Å²) in [4.78, 5) is 22.1. The van der Waals surface area contributed by atoms with Crippen LogP contribution in [0.4, 0.5) is 10.5 Å². The molecule has 1 saturated heterocycles.